The summed E-state index contributed by atoms with van der Waals surface area (Å²) in [4.78, 5) is 16.6. The maximum absolute atomic E-state index is 12.6. The number of benzene rings is 3. The molecule has 0 bridgehead atoms. The van der Waals surface area contributed by atoms with Crippen LogP contribution in [0, 0.1) is 5.41 Å². The van der Waals surface area contributed by atoms with Crippen molar-refractivity contribution < 1.29 is 9.53 Å². The molecule has 0 aliphatic rings. The van der Waals surface area contributed by atoms with Crippen molar-refractivity contribution in [2.24, 2.45) is 0 Å². The first kappa shape index (κ1) is 19.6. The minimum absolute atomic E-state index is 0.182. The number of carbonyl (C=O) groups excluding carboxylic acids is 1. The van der Waals surface area contributed by atoms with E-state index in [1.165, 1.54) is 6.20 Å². The second-order valence-electron chi connectivity index (χ2n) is 6.50. The van der Waals surface area contributed by atoms with Crippen molar-refractivity contribution in [3.8, 4) is 11.5 Å². The van der Waals surface area contributed by atoms with Gasteiger partial charge in [0.25, 0.3) is 5.91 Å². The van der Waals surface area contributed by atoms with Gasteiger partial charge in [0, 0.05) is 33.5 Å². The third kappa shape index (κ3) is 4.01. The Bertz CT molecular complexity index is 1260. The van der Waals surface area contributed by atoms with E-state index in [-0.39, 0.29) is 11.7 Å². The van der Waals surface area contributed by atoms with Crippen LogP contribution in [0.4, 0.5) is 11.5 Å². The summed E-state index contributed by atoms with van der Waals surface area (Å²) in [5.74, 6) is 1.10. The summed E-state index contributed by atoms with van der Waals surface area (Å²) in [6.45, 7) is 0. The van der Waals surface area contributed by atoms with Crippen molar-refractivity contribution in [1.29, 1.82) is 5.41 Å². The quantitative estimate of drug-likeness (QED) is 0.336. The Morgan fingerprint density at radius 3 is 2.67 bits per heavy atom. The largest absolute Gasteiger partial charge is 0.456 e. The SMILES string of the molecule is N=Cc1c(Oc2ccc3c(NC(=O)c4ccc(Br)cc4)cccc3c2)ccnc1N. The molecule has 0 fully saturated rings. The van der Waals surface area contributed by atoms with Crippen molar-refractivity contribution in [3.63, 3.8) is 0 Å². The van der Waals surface area contributed by atoms with Crippen LogP contribution in [-0.4, -0.2) is 17.1 Å². The number of halogens is 1. The molecule has 0 aliphatic carbocycles. The van der Waals surface area contributed by atoms with E-state index >= 15 is 0 Å². The first-order chi connectivity index (χ1) is 14.5. The summed E-state index contributed by atoms with van der Waals surface area (Å²) in [6, 6.07) is 20.1. The molecule has 0 saturated heterocycles. The number of nitrogens with two attached hydrogens (primary N) is 1. The Morgan fingerprint density at radius 2 is 1.90 bits per heavy atom. The number of fused-ring (bicyclic) bond motifs is 1. The molecule has 4 rings (SSSR count). The van der Waals surface area contributed by atoms with E-state index in [0.717, 1.165) is 21.5 Å². The molecule has 7 heteroatoms. The standard InChI is InChI=1S/C23H17BrN4O2/c24-16-6-4-14(5-7-16)23(29)28-20-3-1-2-15-12-17(8-9-18(15)20)30-21-10-11-27-22(26)19(21)13-25/h1-13,25H,(H2,26,27)(H,28,29). The van der Waals surface area contributed by atoms with E-state index in [1.54, 1.807) is 18.2 Å². The summed E-state index contributed by atoms with van der Waals surface area (Å²) in [6.07, 6.45) is 2.66. The summed E-state index contributed by atoms with van der Waals surface area (Å²) < 4.78 is 6.84. The molecular formula is C23H17BrN4O2. The highest BCUT2D eigenvalue weighted by Gasteiger charge is 2.11. The monoisotopic (exact) mass is 460 g/mol. The topological polar surface area (TPSA) is 101 Å². The third-order valence-corrected chi connectivity index (χ3v) is 5.09. The lowest BCUT2D eigenvalue weighted by Crippen LogP contribution is -2.11. The average Bonchev–Trinajstić information content (AvgIpc) is 2.74. The Kier molecular flexibility index (Phi) is 5.45. The molecule has 30 heavy (non-hydrogen) atoms. The molecule has 4 aromatic rings. The fourth-order valence-corrected chi connectivity index (χ4v) is 3.33. The van der Waals surface area contributed by atoms with Crippen LogP contribution in [0.15, 0.2) is 77.4 Å². The predicted molar refractivity (Wildman–Crippen MR) is 123 cm³/mol. The van der Waals surface area contributed by atoms with Gasteiger partial charge in [0.1, 0.15) is 17.3 Å². The number of anilines is 2. The molecule has 0 spiro atoms. The van der Waals surface area contributed by atoms with E-state index in [4.69, 9.17) is 15.9 Å². The van der Waals surface area contributed by atoms with Gasteiger partial charge in [-0.1, -0.05) is 28.1 Å². The van der Waals surface area contributed by atoms with Gasteiger partial charge in [0.15, 0.2) is 0 Å². The molecule has 1 heterocycles. The molecule has 0 unspecified atom stereocenters. The maximum atomic E-state index is 12.6. The number of amides is 1. The van der Waals surface area contributed by atoms with E-state index < -0.39 is 0 Å². The van der Waals surface area contributed by atoms with Gasteiger partial charge < -0.3 is 21.2 Å². The van der Waals surface area contributed by atoms with Gasteiger partial charge in [-0.3, -0.25) is 4.79 Å². The van der Waals surface area contributed by atoms with Gasteiger partial charge in [-0.15, -0.1) is 0 Å². The van der Waals surface area contributed by atoms with Crippen LogP contribution in [0.1, 0.15) is 15.9 Å². The zero-order valence-electron chi connectivity index (χ0n) is 15.7. The van der Waals surface area contributed by atoms with Gasteiger partial charge >= 0.3 is 0 Å². The van der Waals surface area contributed by atoms with Gasteiger partial charge in [0.2, 0.25) is 0 Å². The van der Waals surface area contributed by atoms with Gasteiger partial charge in [-0.2, -0.15) is 0 Å². The molecular weight excluding hydrogens is 444 g/mol. The van der Waals surface area contributed by atoms with E-state index in [0.29, 0.717) is 28.3 Å². The lowest BCUT2D eigenvalue weighted by molar-refractivity contribution is 0.102. The van der Waals surface area contributed by atoms with E-state index in [9.17, 15) is 4.79 Å². The molecule has 1 amide bonds. The van der Waals surface area contributed by atoms with Crippen LogP contribution in [0.2, 0.25) is 0 Å². The number of nitrogen functional groups attached to an aromatic ring is 1. The fraction of sp³-hybridized carbons (Fsp3) is 0. The van der Waals surface area contributed by atoms with Gasteiger partial charge in [-0.25, -0.2) is 4.98 Å². The minimum Gasteiger partial charge on any atom is -0.456 e. The zero-order chi connectivity index (χ0) is 21.1. The smallest absolute Gasteiger partial charge is 0.255 e. The Labute approximate surface area is 181 Å². The average molecular weight is 461 g/mol. The Hall–Kier alpha value is -3.71. The highest BCUT2D eigenvalue weighted by molar-refractivity contribution is 9.10. The number of hydrogen-bond donors (Lipinski definition) is 3. The molecule has 4 N–H and O–H groups in total. The van der Waals surface area contributed by atoms with Crippen molar-refractivity contribution in [3.05, 3.63) is 88.5 Å². The second kappa shape index (κ2) is 8.34. The van der Waals surface area contributed by atoms with Crippen LogP contribution in [-0.2, 0) is 0 Å². The summed E-state index contributed by atoms with van der Waals surface area (Å²) in [5.41, 5.74) is 7.52. The first-order valence-corrected chi connectivity index (χ1v) is 9.87. The highest BCUT2D eigenvalue weighted by Crippen LogP contribution is 2.31. The van der Waals surface area contributed by atoms with Crippen molar-refractivity contribution in [2.75, 3.05) is 11.1 Å². The predicted octanol–water partition coefficient (Wildman–Crippen LogP) is 5.62. The summed E-state index contributed by atoms with van der Waals surface area (Å²) >= 11 is 3.37. The van der Waals surface area contributed by atoms with Gasteiger partial charge in [-0.05, 0) is 60.0 Å². The number of carbonyl (C=O) groups is 1. The number of aromatic nitrogens is 1. The van der Waals surface area contributed by atoms with Crippen LogP contribution in [0.3, 0.4) is 0 Å². The maximum Gasteiger partial charge on any atom is 0.255 e. The highest BCUT2D eigenvalue weighted by atomic mass is 79.9. The van der Waals surface area contributed by atoms with Crippen molar-refractivity contribution >= 4 is 50.3 Å². The van der Waals surface area contributed by atoms with Crippen molar-refractivity contribution in [2.45, 2.75) is 0 Å². The fourth-order valence-electron chi connectivity index (χ4n) is 3.06. The number of nitrogens with zero attached hydrogens (tertiary/aromatic N) is 1. The lowest BCUT2D eigenvalue weighted by Gasteiger charge is -2.12. The normalized spacial score (nSPS) is 10.6. The first-order valence-electron chi connectivity index (χ1n) is 9.07. The number of rotatable bonds is 5. The van der Waals surface area contributed by atoms with Crippen LogP contribution >= 0.6 is 15.9 Å². The summed E-state index contributed by atoms with van der Waals surface area (Å²) in [5, 5.41) is 12.3. The molecule has 1 aromatic heterocycles. The van der Waals surface area contributed by atoms with E-state index in [2.05, 4.69) is 26.2 Å². The van der Waals surface area contributed by atoms with Crippen LogP contribution < -0.4 is 15.8 Å². The van der Waals surface area contributed by atoms with Crippen molar-refractivity contribution in [1.82, 2.24) is 4.98 Å². The number of ether oxygens (including phenoxy) is 1. The second-order valence-corrected chi connectivity index (χ2v) is 7.42. The zero-order valence-corrected chi connectivity index (χ0v) is 17.3. The number of pyridine rings is 1. The Balaban J connectivity index is 1.62. The lowest BCUT2D eigenvalue weighted by atomic mass is 10.1. The van der Waals surface area contributed by atoms with Crippen LogP contribution in [0.25, 0.3) is 10.8 Å². The minimum atomic E-state index is -0.182. The molecule has 6 nitrogen and oxygen atoms in total. The number of hydrogen-bond acceptors (Lipinski definition) is 5. The molecule has 0 aliphatic heterocycles. The number of nitrogens with one attached hydrogen (secondary N) is 2. The molecule has 0 radical (unpaired) electrons. The molecule has 148 valence electrons. The molecule has 0 saturated carbocycles. The Morgan fingerprint density at radius 1 is 1.10 bits per heavy atom. The molecule has 3 aromatic carbocycles. The summed E-state index contributed by atoms with van der Waals surface area (Å²) in [7, 11) is 0. The molecule has 0 atom stereocenters. The third-order valence-electron chi connectivity index (χ3n) is 4.56. The van der Waals surface area contributed by atoms with E-state index in [1.807, 2.05) is 48.5 Å². The van der Waals surface area contributed by atoms with Gasteiger partial charge in [0.05, 0.1) is 5.56 Å². The van der Waals surface area contributed by atoms with Crippen LogP contribution in [0.5, 0.6) is 11.5 Å².